The average Bonchev–Trinajstić information content (AvgIpc) is 2.21. The topological polar surface area (TPSA) is 20.3 Å². The SMILES string of the molecule is CCCN(C)C(=O)c1cccc(C)c1F. The fraction of sp³-hybridized carbons (Fsp3) is 0.417. The maximum absolute atomic E-state index is 13.6. The van der Waals surface area contributed by atoms with Crippen molar-refractivity contribution >= 4 is 5.91 Å². The maximum Gasteiger partial charge on any atom is 0.256 e. The van der Waals surface area contributed by atoms with Gasteiger partial charge in [-0.3, -0.25) is 4.79 Å². The molecule has 1 amide bonds. The van der Waals surface area contributed by atoms with Crippen LogP contribution < -0.4 is 0 Å². The third-order valence-electron chi connectivity index (χ3n) is 2.33. The lowest BCUT2D eigenvalue weighted by Gasteiger charge is -2.16. The number of carbonyl (C=O) groups excluding carboxylic acids is 1. The summed E-state index contributed by atoms with van der Waals surface area (Å²) in [5.74, 6) is -0.663. The van der Waals surface area contributed by atoms with Crippen LogP contribution in [0, 0.1) is 12.7 Å². The minimum atomic E-state index is -0.412. The van der Waals surface area contributed by atoms with Gasteiger partial charge in [-0.05, 0) is 25.0 Å². The van der Waals surface area contributed by atoms with Crippen LogP contribution in [0.2, 0.25) is 0 Å². The van der Waals surface area contributed by atoms with E-state index >= 15 is 0 Å². The van der Waals surface area contributed by atoms with Crippen LogP contribution in [0.5, 0.6) is 0 Å². The molecule has 15 heavy (non-hydrogen) atoms. The largest absolute Gasteiger partial charge is 0.342 e. The first-order valence-electron chi connectivity index (χ1n) is 5.08. The summed E-state index contributed by atoms with van der Waals surface area (Å²) < 4.78 is 13.6. The Hall–Kier alpha value is -1.38. The second-order valence-electron chi connectivity index (χ2n) is 3.66. The van der Waals surface area contributed by atoms with Crippen molar-refractivity contribution in [2.75, 3.05) is 13.6 Å². The average molecular weight is 209 g/mol. The lowest BCUT2D eigenvalue weighted by molar-refractivity contribution is 0.0790. The first-order valence-corrected chi connectivity index (χ1v) is 5.08. The van der Waals surface area contributed by atoms with E-state index in [1.54, 1.807) is 26.1 Å². The summed E-state index contributed by atoms with van der Waals surface area (Å²) in [5.41, 5.74) is 0.664. The first-order chi connectivity index (χ1) is 7.07. The highest BCUT2D eigenvalue weighted by atomic mass is 19.1. The number of rotatable bonds is 3. The molecule has 0 heterocycles. The third-order valence-corrected chi connectivity index (χ3v) is 2.33. The standard InChI is InChI=1S/C12H16FNO/c1-4-8-14(3)12(15)10-7-5-6-9(2)11(10)13/h5-7H,4,8H2,1-3H3. The van der Waals surface area contributed by atoms with Gasteiger partial charge in [0.15, 0.2) is 0 Å². The van der Waals surface area contributed by atoms with Crippen molar-refractivity contribution in [2.24, 2.45) is 0 Å². The van der Waals surface area contributed by atoms with Crippen molar-refractivity contribution in [3.63, 3.8) is 0 Å². The van der Waals surface area contributed by atoms with E-state index in [4.69, 9.17) is 0 Å². The summed E-state index contributed by atoms with van der Waals surface area (Å²) in [6.07, 6.45) is 0.871. The molecule has 0 bridgehead atoms. The van der Waals surface area contributed by atoms with Crippen LogP contribution in [0.15, 0.2) is 18.2 Å². The molecule has 1 aromatic carbocycles. The van der Waals surface area contributed by atoms with E-state index in [0.29, 0.717) is 12.1 Å². The van der Waals surface area contributed by atoms with Gasteiger partial charge in [0.2, 0.25) is 0 Å². The number of hydrogen-bond donors (Lipinski definition) is 0. The molecule has 0 atom stereocenters. The molecule has 0 N–H and O–H groups in total. The molecule has 0 aromatic heterocycles. The summed E-state index contributed by atoms with van der Waals surface area (Å²) in [7, 11) is 1.69. The molecule has 2 nitrogen and oxygen atoms in total. The zero-order valence-corrected chi connectivity index (χ0v) is 9.38. The van der Waals surface area contributed by atoms with Crippen molar-refractivity contribution in [2.45, 2.75) is 20.3 Å². The van der Waals surface area contributed by atoms with Gasteiger partial charge in [0.1, 0.15) is 5.82 Å². The summed E-state index contributed by atoms with van der Waals surface area (Å²) in [6.45, 7) is 4.29. The summed E-state index contributed by atoms with van der Waals surface area (Å²) >= 11 is 0. The Morgan fingerprint density at radius 3 is 2.73 bits per heavy atom. The molecule has 0 saturated carbocycles. The highest BCUT2D eigenvalue weighted by Gasteiger charge is 2.16. The molecule has 1 rings (SSSR count). The quantitative estimate of drug-likeness (QED) is 0.749. The second kappa shape index (κ2) is 4.91. The highest BCUT2D eigenvalue weighted by molar-refractivity contribution is 5.94. The number of hydrogen-bond acceptors (Lipinski definition) is 1. The van der Waals surface area contributed by atoms with Gasteiger partial charge in [0.05, 0.1) is 5.56 Å². The number of benzene rings is 1. The summed E-state index contributed by atoms with van der Waals surface area (Å²) in [6, 6.07) is 4.88. The third kappa shape index (κ3) is 2.55. The Morgan fingerprint density at radius 1 is 1.47 bits per heavy atom. The lowest BCUT2D eigenvalue weighted by atomic mass is 10.1. The molecule has 0 fully saturated rings. The van der Waals surface area contributed by atoms with Gasteiger partial charge >= 0.3 is 0 Å². The second-order valence-corrected chi connectivity index (χ2v) is 3.66. The van der Waals surface area contributed by atoms with E-state index < -0.39 is 5.82 Å². The first kappa shape index (κ1) is 11.7. The minimum Gasteiger partial charge on any atom is -0.342 e. The Labute approximate surface area is 89.7 Å². The molecule has 1 aromatic rings. The number of nitrogens with zero attached hydrogens (tertiary/aromatic N) is 1. The van der Waals surface area contributed by atoms with Gasteiger partial charge in [-0.2, -0.15) is 0 Å². The van der Waals surface area contributed by atoms with E-state index in [2.05, 4.69) is 0 Å². The molecular weight excluding hydrogens is 193 g/mol. The molecular formula is C12H16FNO. The van der Waals surface area contributed by atoms with E-state index in [1.165, 1.54) is 11.0 Å². The fourth-order valence-corrected chi connectivity index (χ4v) is 1.46. The van der Waals surface area contributed by atoms with Crippen molar-refractivity contribution in [3.8, 4) is 0 Å². The van der Waals surface area contributed by atoms with Gasteiger partial charge < -0.3 is 4.90 Å². The highest BCUT2D eigenvalue weighted by Crippen LogP contribution is 2.13. The van der Waals surface area contributed by atoms with Gasteiger partial charge in [-0.1, -0.05) is 19.1 Å². The van der Waals surface area contributed by atoms with Gasteiger partial charge in [-0.15, -0.1) is 0 Å². The molecule has 0 radical (unpaired) electrons. The van der Waals surface area contributed by atoms with Crippen LogP contribution in [0.25, 0.3) is 0 Å². The van der Waals surface area contributed by atoms with E-state index in [-0.39, 0.29) is 11.5 Å². The van der Waals surface area contributed by atoms with Crippen molar-refractivity contribution in [1.82, 2.24) is 4.90 Å². The molecule has 0 aliphatic heterocycles. The predicted molar refractivity (Wildman–Crippen MR) is 58.4 cm³/mol. The van der Waals surface area contributed by atoms with Crippen LogP contribution >= 0.6 is 0 Å². The Morgan fingerprint density at radius 2 is 2.13 bits per heavy atom. The van der Waals surface area contributed by atoms with E-state index in [1.807, 2.05) is 6.92 Å². The molecule has 3 heteroatoms. The number of halogens is 1. The van der Waals surface area contributed by atoms with Crippen molar-refractivity contribution < 1.29 is 9.18 Å². The maximum atomic E-state index is 13.6. The van der Waals surface area contributed by atoms with Gasteiger partial charge in [-0.25, -0.2) is 4.39 Å². The molecule has 0 aliphatic rings. The van der Waals surface area contributed by atoms with Crippen molar-refractivity contribution in [1.29, 1.82) is 0 Å². The molecule has 0 unspecified atom stereocenters. The van der Waals surface area contributed by atoms with Crippen LogP contribution in [-0.4, -0.2) is 24.4 Å². The predicted octanol–water partition coefficient (Wildman–Crippen LogP) is 2.62. The van der Waals surface area contributed by atoms with E-state index in [9.17, 15) is 9.18 Å². The molecule has 0 spiro atoms. The Bertz CT molecular complexity index is 363. The van der Waals surface area contributed by atoms with Crippen molar-refractivity contribution in [3.05, 3.63) is 35.1 Å². The monoisotopic (exact) mass is 209 g/mol. The zero-order chi connectivity index (χ0) is 11.4. The summed E-state index contributed by atoms with van der Waals surface area (Å²) in [5, 5.41) is 0. The van der Waals surface area contributed by atoms with Gasteiger partial charge in [0, 0.05) is 13.6 Å². The lowest BCUT2D eigenvalue weighted by Crippen LogP contribution is -2.28. The van der Waals surface area contributed by atoms with Crippen LogP contribution in [0.1, 0.15) is 29.3 Å². The smallest absolute Gasteiger partial charge is 0.256 e. The van der Waals surface area contributed by atoms with Gasteiger partial charge in [0.25, 0.3) is 5.91 Å². The van der Waals surface area contributed by atoms with E-state index in [0.717, 1.165) is 6.42 Å². The molecule has 0 saturated heterocycles. The van der Waals surface area contributed by atoms with Crippen LogP contribution in [0.4, 0.5) is 4.39 Å². The number of carbonyl (C=O) groups is 1. The molecule has 82 valence electrons. The summed E-state index contributed by atoms with van der Waals surface area (Å²) in [4.78, 5) is 13.3. The zero-order valence-electron chi connectivity index (χ0n) is 9.38. The number of amides is 1. The number of aryl methyl sites for hydroxylation is 1. The van der Waals surface area contributed by atoms with Crippen LogP contribution in [0.3, 0.4) is 0 Å². The minimum absolute atomic E-state index is 0.158. The fourth-order valence-electron chi connectivity index (χ4n) is 1.46. The molecule has 0 aliphatic carbocycles. The Balaban J connectivity index is 2.96. The van der Waals surface area contributed by atoms with Crippen LogP contribution in [-0.2, 0) is 0 Å². The Kier molecular flexibility index (Phi) is 3.83. The normalized spacial score (nSPS) is 10.1.